The Balaban J connectivity index is 2.70. The van der Waals surface area contributed by atoms with E-state index >= 15 is 0 Å². The number of hydrogen-bond donors (Lipinski definition) is 2. The summed E-state index contributed by atoms with van der Waals surface area (Å²) in [6.45, 7) is 4.58. The van der Waals surface area contributed by atoms with Crippen LogP contribution in [0.5, 0.6) is 0 Å². The zero-order chi connectivity index (χ0) is 12.1. The first kappa shape index (κ1) is 13.2. The Labute approximate surface area is 105 Å². The molecule has 16 heavy (non-hydrogen) atoms. The molecule has 0 fully saturated rings. The molecule has 0 spiro atoms. The summed E-state index contributed by atoms with van der Waals surface area (Å²) >= 11 is 3.42. The van der Waals surface area contributed by atoms with Crippen LogP contribution in [-0.4, -0.2) is 25.5 Å². The summed E-state index contributed by atoms with van der Waals surface area (Å²) in [5.41, 5.74) is 1.69. The molecule has 1 atom stereocenters. The van der Waals surface area contributed by atoms with Gasteiger partial charge in [-0.3, -0.25) is 4.79 Å². The predicted octanol–water partition coefficient (Wildman–Crippen LogP) is 2.10. The standard InChI is InChI=1S/C12H17BrN2O/c1-8(14-3)7-15-12(16)10-5-4-6-11(13)9(10)2/h4-6,8,14H,7H2,1-3H3,(H,15,16). The summed E-state index contributed by atoms with van der Waals surface area (Å²) in [5, 5.41) is 5.97. The van der Waals surface area contributed by atoms with Crippen LogP contribution in [0.3, 0.4) is 0 Å². The predicted molar refractivity (Wildman–Crippen MR) is 69.7 cm³/mol. The molecule has 4 heteroatoms. The van der Waals surface area contributed by atoms with Gasteiger partial charge in [-0.1, -0.05) is 22.0 Å². The molecule has 1 rings (SSSR count). The third-order valence-corrected chi connectivity index (χ3v) is 3.43. The van der Waals surface area contributed by atoms with Gasteiger partial charge in [-0.25, -0.2) is 0 Å². The molecular formula is C12H17BrN2O. The van der Waals surface area contributed by atoms with E-state index in [1.807, 2.05) is 39.1 Å². The minimum absolute atomic E-state index is 0.0269. The summed E-state index contributed by atoms with van der Waals surface area (Å²) in [6.07, 6.45) is 0. The Morgan fingerprint density at radius 3 is 2.81 bits per heavy atom. The maximum absolute atomic E-state index is 11.9. The molecule has 0 heterocycles. The minimum atomic E-state index is -0.0269. The number of benzene rings is 1. The summed E-state index contributed by atoms with van der Waals surface area (Å²) in [6, 6.07) is 5.91. The molecule has 1 unspecified atom stereocenters. The van der Waals surface area contributed by atoms with Crippen molar-refractivity contribution in [3.8, 4) is 0 Å². The van der Waals surface area contributed by atoms with E-state index in [0.717, 1.165) is 15.6 Å². The third-order valence-electron chi connectivity index (χ3n) is 2.57. The van der Waals surface area contributed by atoms with Crippen molar-refractivity contribution in [1.29, 1.82) is 0 Å². The molecule has 0 aliphatic rings. The molecule has 0 aromatic heterocycles. The molecule has 0 bridgehead atoms. The first-order chi connectivity index (χ1) is 7.56. The van der Waals surface area contributed by atoms with Gasteiger partial charge in [0.25, 0.3) is 5.91 Å². The highest BCUT2D eigenvalue weighted by Crippen LogP contribution is 2.19. The van der Waals surface area contributed by atoms with Crippen LogP contribution in [0.2, 0.25) is 0 Å². The summed E-state index contributed by atoms with van der Waals surface area (Å²) in [5.74, 6) is -0.0269. The van der Waals surface area contributed by atoms with Crippen molar-refractivity contribution in [2.45, 2.75) is 19.9 Å². The second kappa shape index (κ2) is 6.01. The van der Waals surface area contributed by atoms with Crippen molar-refractivity contribution >= 4 is 21.8 Å². The molecule has 0 saturated carbocycles. The number of likely N-dealkylation sites (N-methyl/N-ethyl adjacent to an activating group) is 1. The quantitative estimate of drug-likeness (QED) is 0.889. The van der Waals surface area contributed by atoms with Crippen LogP contribution in [0.1, 0.15) is 22.8 Å². The van der Waals surface area contributed by atoms with Gasteiger partial charge in [-0.2, -0.15) is 0 Å². The van der Waals surface area contributed by atoms with Crippen LogP contribution < -0.4 is 10.6 Å². The number of carbonyl (C=O) groups is 1. The Morgan fingerprint density at radius 1 is 1.50 bits per heavy atom. The third kappa shape index (κ3) is 3.32. The summed E-state index contributed by atoms with van der Waals surface area (Å²) in [4.78, 5) is 11.9. The van der Waals surface area contributed by atoms with E-state index in [1.54, 1.807) is 0 Å². The number of amides is 1. The molecule has 2 N–H and O–H groups in total. The lowest BCUT2D eigenvalue weighted by Gasteiger charge is -2.12. The van der Waals surface area contributed by atoms with Crippen molar-refractivity contribution in [2.75, 3.05) is 13.6 Å². The highest BCUT2D eigenvalue weighted by molar-refractivity contribution is 9.10. The van der Waals surface area contributed by atoms with Crippen LogP contribution in [0, 0.1) is 6.92 Å². The average molecular weight is 285 g/mol. The van der Waals surface area contributed by atoms with E-state index in [1.165, 1.54) is 0 Å². The molecule has 1 aromatic rings. The van der Waals surface area contributed by atoms with Gasteiger partial charge in [0.2, 0.25) is 0 Å². The Kier molecular flexibility index (Phi) is 4.96. The van der Waals surface area contributed by atoms with Gasteiger partial charge < -0.3 is 10.6 Å². The summed E-state index contributed by atoms with van der Waals surface area (Å²) in [7, 11) is 1.88. The highest BCUT2D eigenvalue weighted by Gasteiger charge is 2.10. The van der Waals surface area contributed by atoms with Gasteiger partial charge in [0.1, 0.15) is 0 Å². The maximum Gasteiger partial charge on any atom is 0.251 e. The lowest BCUT2D eigenvalue weighted by Crippen LogP contribution is -2.37. The van der Waals surface area contributed by atoms with Crippen LogP contribution in [0.4, 0.5) is 0 Å². The van der Waals surface area contributed by atoms with Gasteiger partial charge >= 0.3 is 0 Å². The number of nitrogens with one attached hydrogen (secondary N) is 2. The van der Waals surface area contributed by atoms with E-state index in [4.69, 9.17) is 0 Å². The molecular weight excluding hydrogens is 268 g/mol. The Bertz CT molecular complexity index is 379. The van der Waals surface area contributed by atoms with Crippen molar-refractivity contribution in [3.05, 3.63) is 33.8 Å². The normalized spacial score (nSPS) is 12.2. The van der Waals surface area contributed by atoms with Crippen LogP contribution in [0.15, 0.2) is 22.7 Å². The van der Waals surface area contributed by atoms with Gasteiger partial charge in [0.05, 0.1) is 0 Å². The number of rotatable bonds is 4. The van der Waals surface area contributed by atoms with Gasteiger partial charge in [0, 0.05) is 22.6 Å². The second-order valence-electron chi connectivity index (χ2n) is 3.81. The lowest BCUT2D eigenvalue weighted by molar-refractivity contribution is 0.0950. The van der Waals surface area contributed by atoms with Crippen molar-refractivity contribution in [3.63, 3.8) is 0 Å². The molecule has 88 valence electrons. The first-order valence-corrected chi connectivity index (χ1v) is 6.06. The van der Waals surface area contributed by atoms with E-state index in [2.05, 4.69) is 26.6 Å². The van der Waals surface area contributed by atoms with Crippen molar-refractivity contribution in [2.24, 2.45) is 0 Å². The topological polar surface area (TPSA) is 41.1 Å². The summed E-state index contributed by atoms with van der Waals surface area (Å²) < 4.78 is 0.960. The van der Waals surface area contributed by atoms with E-state index in [0.29, 0.717) is 6.54 Å². The number of carbonyl (C=O) groups excluding carboxylic acids is 1. The van der Waals surface area contributed by atoms with Gasteiger partial charge in [-0.05, 0) is 38.6 Å². The molecule has 0 aliphatic heterocycles. The maximum atomic E-state index is 11.9. The zero-order valence-electron chi connectivity index (χ0n) is 9.80. The van der Waals surface area contributed by atoms with Crippen molar-refractivity contribution < 1.29 is 4.79 Å². The lowest BCUT2D eigenvalue weighted by atomic mass is 10.1. The molecule has 0 radical (unpaired) electrons. The molecule has 0 saturated heterocycles. The van der Waals surface area contributed by atoms with E-state index in [-0.39, 0.29) is 11.9 Å². The van der Waals surface area contributed by atoms with Gasteiger partial charge in [-0.15, -0.1) is 0 Å². The van der Waals surface area contributed by atoms with Crippen LogP contribution >= 0.6 is 15.9 Å². The zero-order valence-corrected chi connectivity index (χ0v) is 11.4. The number of hydrogen-bond acceptors (Lipinski definition) is 2. The Morgan fingerprint density at radius 2 is 2.19 bits per heavy atom. The average Bonchev–Trinajstić information content (AvgIpc) is 2.29. The smallest absolute Gasteiger partial charge is 0.251 e. The van der Waals surface area contributed by atoms with Gasteiger partial charge in [0.15, 0.2) is 0 Å². The largest absolute Gasteiger partial charge is 0.350 e. The fourth-order valence-electron chi connectivity index (χ4n) is 1.30. The minimum Gasteiger partial charge on any atom is -0.350 e. The molecule has 0 aliphatic carbocycles. The first-order valence-electron chi connectivity index (χ1n) is 5.26. The molecule has 1 amide bonds. The van der Waals surface area contributed by atoms with Crippen LogP contribution in [-0.2, 0) is 0 Å². The second-order valence-corrected chi connectivity index (χ2v) is 4.67. The highest BCUT2D eigenvalue weighted by atomic mass is 79.9. The van der Waals surface area contributed by atoms with E-state index < -0.39 is 0 Å². The van der Waals surface area contributed by atoms with E-state index in [9.17, 15) is 4.79 Å². The SMILES string of the molecule is CNC(C)CNC(=O)c1cccc(Br)c1C. The van der Waals surface area contributed by atoms with Crippen LogP contribution in [0.25, 0.3) is 0 Å². The monoisotopic (exact) mass is 284 g/mol. The Hall–Kier alpha value is -0.870. The molecule has 3 nitrogen and oxygen atoms in total. The number of halogens is 1. The fraction of sp³-hybridized carbons (Fsp3) is 0.417. The molecule has 1 aromatic carbocycles. The fourth-order valence-corrected chi connectivity index (χ4v) is 1.66. The van der Waals surface area contributed by atoms with Crippen molar-refractivity contribution in [1.82, 2.24) is 10.6 Å².